The number of anilines is 1. The summed E-state index contributed by atoms with van der Waals surface area (Å²) in [5, 5.41) is 9.05. The van der Waals surface area contributed by atoms with Crippen LogP contribution in [0, 0.1) is 5.92 Å². The van der Waals surface area contributed by atoms with Crippen LogP contribution >= 0.6 is 0 Å². The van der Waals surface area contributed by atoms with Crippen molar-refractivity contribution in [2.45, 2.75) is 25.7 Å². The number of hydrogen-bond acceptors (Lipinski definition) is 2. The zero-order chi connectivity index (χ0) is 14.8. The summed E-state index contributed by atoms with van der Waals surface area (Å²) in [6.07, 6.45) is 4.09. The lowest BCUT2D eigenvalue weighted by Gasteiger charge is -2.33. The molecule has 1 fully saturated rings. The molecule has 1 aliphatic heterocycles. The number of hydrogen-bond donors (Lipinski definition) is 1. The third-order valence-electron chi connectivity index (χ3n) is 4.11. The number of para-hydroxylation sites is 1. The summed E-state index contributed by atoms with van der Waals surface area (Å²) in [5.74, 6) is -0.470. The summed E-state index contributed by atoms with van der Waals surface area (Å²) >= 11 is 0. The fraction of sp³-hybridized carbons (Fsp3) is 0.500. The van der Waals surface area contributed by atoms with Gasteiger partial charge >= 0.3 is 12.0 Å². The Kier molecular flexibility index (Phi) is 3.82. The second-order valence-corrected chi connectivity index (χ2v) is 5.88. The Morgan fingerprint density at radius 3 is 2.76 bits per heavy atom. The molecule has 0 radical (unpaired) electrons. The third kappa shape index (κ3) is 3.17. The average molecular weight is 288 g/mol. The molecule has 1 N–H and O–H groups in total. The van der Waals surface area contributed by atoms with Gasteiger partial charge in [0, 0.05) is 18.8 Å². The van der Waals surface area contributed by atoms with Gasteiger partial charge in [-0.2, -0.15) is 0 Å². The second kappa shape index (κ2) is 5.76. The Morgan fingerprint density at radius 2 is 2.05 bits per heavy atom. The number of benzene rings is 1. The van der Waals surface area contributed by atoms with Crippen molar-refractivity contribution in [3.8, 4) is 0 Å². The Balaban J connectivity index is 1.80. The monoisotopic (exact) mass is 288 g/mol. The van der Waals surface area contributed by atoms with E-state index in [1.54, 1.807) is 4.90 Å². The van der Waals surface area contributed by atoms with Crippen molar-refractivity contribution in [3.63, 3.8) is 0 Å². The molecule has 1 aliphatic carbocycles. The number of fused-ring (bicyclic) bond motifs is 1. The van der Waals surface area contributed by atoms with E-state index in [0.29, 0.717) is 19.0 Å². The quantitative estimate of drug-likeness (QED) is 0.925. The van der Waals surface area contributed by atoms with Crippen LogP contribution in [0.1, 0.15) is 24.8 Å². The lowest BCUT2D eigenvalue weighted by molar-refractivity contribution is -0.137. The summed E-state index contributed by atoms with van der Waals surface area (Å²) in [5.41, 5.74) is 2.10. The number of amides is 2. The number of carbonyl (C=O) groups excluding carboxylic acids is 1. The van der Waals surface area contributed by atoms with Gasteiger partial charge in [0.05, 0.1) is 0 Å². The number of carboxylic acids is 1. The highest BCUT2D eigenvalue weighted by molar-refractivity contribution is 5.94. The molecule has 1 saturated carbocycles. The van der Waals surface area contributed by atoms with Gasteiger partial charge in [0.2, 0.25) is 0 Å². The standard InChI is InChI=1S/C16H20N2O3/c19-15(20)11-17(10-12-7-8-12)16(21)18-9-3-5-13-4-1-2-6-14(13)18/h1-2,4,6,12H,3,5,7-11H2,(H,19,20). The number of nitrogens with zero attached hydrogens (tertiary/aromatic N) is 2. The molecule has 5 nitrogen and oxygen atoms in total. The molecule has 1 heterocycles. The van der Waals surface area contributed by atoms with Crippen molar-refractivity contribution in [2.24, 2.45) is 5.92 Å². The van der Waals surface area contributed by atoms with Crippen molar-refractivity contribution in [2.75, 3.05) is 24.5 Å². The van der Waals surface area contributed by atoms with Gasteiger partial charge in [0.15, 0.2) is 0 Å². The van der Waals surface area contributed by atoms with E-state index >= 15 is 0 Å². The van der Waals surface area contributed by atoms with E-state index in [1.807, 2.05) is 24.3 Å². The zero-order valence-electron chi connectivity index (χ0n) is 12.0. The number of aryl methyl sites for hydroxylation is 1. The first kappa shape index (κ1) is 13.9. The van der Waals surface area contributed by atoms with Crippen molar-refractivity contribution < 1.29 is 14.7 Å². The molecule has 0 saturated heterocycles. The highest BCUT2D eigenvalue weighted by atomic mass is 16.4. The van der Waals surface area contributed by atoms with Gasteiger partial charge in [-0.1, -0.05) is 18.2 Å². The Morgan fingerprint density at radius 1 is 1.29 bits per heavy atom. The van der Waals surface area contributed by atoms with Crippen LogP contribution in [0.25, 0.3) is 0 Å². The van der Waals surface area contributed by atoms with Crippen LogP contribution in [0.2, 0.25) is 0 Å². The van der Waals surface area contributed by atoms with Gasteiger partial charge in [0.1, 0.15) is 6.54 Å². The molecule has 0 atom stereocenters. The molecule has 2 amide bonds. The molecule has 112 valence electrons. The Labute approximate surface area is 124 Å². The van der Waals surface area contributed by atoms with Crippen molar-refractivity contribution in [3.05, 3.63) is 29.8 Å². The van der Waals surface area contributed by atoms with Crippen LogP contribution in [0.4, 0.5) is 10.5 Å². The number of carbonyl (C=O) groups is 2. The highest BCUT2D eigenvalue weighted by Crippen LogP contribution is 2.32. The Hall–Kier alpha value is -2.04. The van der Waals surface area contributed by atoms with E-state index in [2.05, 4.69) is 0 Å². The van der Waals surface area contributed by atoms with Crippen LogP contribution in [0.3, 0.4) is 0 Å². The summed E-state index contributed by atoms with van der Waals surface area (Å²) in [7, 11) is 0. The average Bonchev–Trinajstić information content (AvgIpc) is 3.29. The van der Waals surface area contributed by atoms with Gasteiger partial charge < -0.3 is 10.0 Å². The molecule has 2 aliphatic rings. The SMILES string of the molecule is O=C(O)CN(CC1CC1)C(=O)N1CCCc2ccccc21. The molecule has 3 rings (SSSR count). The van der Waals surface area contributed by atoms with Gasteiger partial charge in [-0.25, -0.2) is 4.79 Å². The van der Waals surface area contributed by atoms with Crippen molar-refractivity contribution in [1.29, 1.82) is 0 Å². The number of aliphatic carboxylic acids is 1. The van der Waals surface area contributed by atoms with Gasteiger partial charge in [0.25, 0.3) is 0 Å². The minimum atomic E-state index is -0.950. The fourth-order valence-electron chi connectivity index (χ4n) is 2.89. The maximum atomic E-state index is 12.7. The van der Waals surface area contributed by atoms with Gasteiger partial charge in [-0.3, -0.25) is 9.69 Å². The summed E-state index contributed by atoms with van der Waals surface area (Å²) in [4.78, 5) is 27.0. The molecular formula is C16H20N2O3. The number of urea groups is 1. The first-order chi connectivity index (χ1) is 10.1. The van der Waals surface area contributed by atoms with Crippen molar-refractivity contribution >= 4 is 17.7 Å². The summed E-state index contributed by atoms with van der Waals surface area (Å²) in [6.45, 7) is 1.01. The maximum absolute atomic E-state index is 12.7. The van der Waals surface area contributed by atoms with E-state index < -0.39 is 5.97 Å². The molecule has 1 aromatic carbocycles. The maximum Gasteiger partial charge on any atom is 0.325 e. The second-order valence-electron chi connectivity index (χ2n) is 5.88. The summed E-state index contributed by atoms with van der Waals surface area (Å²) in [6, 6.07) is 7.72. The number of rotatable bonds is 4. The fourth-order valence-corrected chi connectivity index (χ4v) is 2.89. The largest absolute Gasteiger partial charge is 0.480 e. The number of carboxylic acid groups (broad SMARTS) is 1. The molecule has 1 aromatic rings. The molecule has 21 heavy (non-hydrogen) atoms. The molecule has 0 aromatic heterocycles. The van der Waals surface area contributed by atoms with E-state index in [-0.39, 0.29) is 12.6 Å². The van der Waals surface area contributed by atoms with Crippen LogP contribution < -0.4 is 4.90 Å². The molecule has 0 spiro atoms. The van der Waals surface area contributed by atoms with Crippen LogP contribution in [0.5, 0.6) is 0 Å². The van der Waals surface area contributed by atoms with Crippen molar-refractivity contribution in [1.82, 2.24) is 4.90 Å². The predicted molar refractivity (Wildman–Crippen MR) is 79.4 cm³/mol. The normalized spacial score (nSPS) is 17.2. The summed E-state index contributed by atoms with van der Waals surface area (Å²) < 4.78 is 0. The first-order valence-corrected chi connectivity index (χ1v) is 7.51. The topological polar surface area (TPSA) is 60.9 Å². The Bertz CT molecular complexity index is 554. The molecular weight excluding hydrogens is 268 g/mol. The molecule has 5 heteroatoms. The lowest BCUT2D eigenvalue weighted by Crippen LogP contribution is -2.48. The van der Waals surface area contributed by atoms with Crippen LogP contribution in [0.15, 0.2) is 24.3 Å². The highest BCUT2D eigenvalue weighted by Gasteiger charge is 2.32. The van der Waals surface area contributed by atoms with Crippen LogP contribution in [-0.2, 0) is 11.2 Å². The predicted octanol–water partition coefficient (Wildman–Crippen LogP) is 2.36. The lowest BCUT2D eigenvalue weighted by atomic mass is 10.0. The van der Waals surface area contributed by atoms with E-state index in [1.165, 1.54) is 10.5 Å². The third-order valence-corrected chi connectivity index (χ3v) is 4.11. The molecule has 0 unspecified atom stereocenters. The van der Waals surface area contributed by atoms with E-state index in [4.69, 9.17) is 5.11 Å². The van der Waals surface area contributed by atoms with E-state index in [0.717, 1.165) is 31.4 Å². The van der Waals surface area contributed by atoms with E-state index in [9.17, 15) is 9.59 Å². The zero-order valence-corrected chi connectivity index (χ0v) is 12.0. The minimum absolute atomic E-state index is 0.170. The van der Waals surface area contributed by atoms with Gasteiger partial charge in [-0.15, -0.1) is 0 Å². The minimum Gasteiger partial charge on any atom is -0.480 e. The molecule has 0 bridgehead atoms. The van der Waals surface area contributed by atoms with Gasteiger partial charge in [-0.05, 0) is 43.2 Å². The smallest absolute Gasteiger partial charge is 0.325 e. The first-order valence-electron chi connectivity index (χ1n) is 7.51. The van der Waals surface area contributed by atoms with Crippen LogP contribution in [-0.4, -0.2) is 41.6 Å².